The highest BCUT2D eigenvalue weighted by Gasteiger charge is 2.23. The summed E-state index contributed by atoms with van der Waals surface area (Å²) in [6.07, 6.45) is 1.64. The van der Waals surface area contributed by atoms with Gasteiger partial charge in [-0.05, 0) is 44.8 Å². The topological polar surface area (TPSA) is 54.2 Å². The number of aromatic hydroxyl groups is 1. The molecule has 1 N–H and O–H groups in total. The molecule has 3 aromatic carbocycles. The number of phenolic OH excluding ortho intramolecular Hbond substituents is 1. The average Bonchev–Trinajstić information content (AvgIpc) is 2.99. The van der Waals surface area contributed by atoms with Crippen LogP contribution in [-0.2, 0) is 0 Å². The molecule has 1 aliphatic carbocycles. The minimum Gasteiger partial charge on any atom is -0.503 e. The summed E-state index contributed by atoms with van der Waals surface area (Å²) in [4.78, 5) is 0. The van der Waals surface area contributed by atoms with Gasteiger partial charge in [-0.3, -0.25) is 0 Å². The lowest BCUT2D eigenvalue weighted by Gasteiger charge is -2.05. The first-order chi connectivity index (χ1) is 12.7. The van der Waals surface area contributed by atoms with Crippen LogP contribution in [0, 0.1) is 0 Å². The molecule has 0 spiro atoms. The molecule has 128 valence electrons. The first-order valence-corrected chi connectivity index (χ1v) is 8.85. The Morgan fingerprint density at radius 3 is 2.08 bits per heavy atom. The van der Waals surface area contributed by atoms with Gasteiger partial charge in [0, 0.05) is 11.1 Å². The summed E-state index contributed by atoms with van der Waals surface area (Å²) in [6, 6.07) is 19.9. The Morgan fingerprint density at radius 2 is 1.50 bits per heavy atom. The lowest BCUT2D eigenvalue weighted by molar-refractivity contribution is 0.372. The van der Waals surface area contributed by atoms with Crippen LogP contribution in [-0.4, -0.2) is 24.1 Å². The van der Waals surface area contributed by atoms with Gasteiger partial charge in [0.15, 0.2) is 11.5 Å². The van der Waals surface area contributed by atoms with Crippen LogP contribution < -0.4 is 4.74 Å². The maximum absolute atomic E-state index is 9.89. The van der Waals surface area contributed by atoms with Crippen molar-refractivity contribution in [1.82, 2.24) is 0 Å². The Morgan fingerprint density at radius 1 is 0.923 bits per heavy atom. The van der Waals surface area contributed by atoms with E-state index >= 15 is 0 Å². The highest BCUT2D eigenvalue weighted by atomic mass is 79.9. The Bertz CT molecular complexity index is 1010. The normalized spacial score (nSPS) is 12.2. The lowest BCUT2D eigenvalue weighted by Crippen LogP contribution is -1.97. The van der Waals surface area contributed by atoms with E-state index in [0.717, 1.165) is 22.4 Å². The van der Waals surface area contributed by atoms with Gasteiger partial charge in [0.2, 0.25) is 0 Å². The van der Waals surface area contributed by atoms with Gasteiger partial charge >= 0.3 is 0 Å². The Hall–Kier alpha value is -2.92. The van der Waals surface area contributed by atoms with Gasteiger partial charge < -0.3 is 9.84 Å². The predicted molar refractivity (Wildman–Crippen MR) is 107 cm³/mol. The summed E-state index contributed by atoms with van der Waals surface area (Å²) in [6.45, 7) is 0. The van der Waals surface area contributed by atoms with E-state index in [2.05, 4.69) is 50.4 Å². The van der Waals surface area contributed by atoms with E-state index in [-0.39, 0.29) is 5.75 Å². The van der Waals surface area contributed by atoms with Crippen molar-refractivity contribution < 1.29 is 9.84 Å². The van der Waals surface area contributed by atoms with Crippen LogP contribution in [0.15, 0.2) is 75.3 Å². The molecule has 0 heterocycles. The number of methoxy groups -OCH3 is 1. The second-order valence-corrected chi connectivity index (χ2v) is 6.69. The van der Waals surface area contributed by atoms with Crippen LogP contribution in [0.2, 0.25) is 0 Å². The highest BCUT2D eigenvalue weighted by Crippen LogP contribution is 2.37. The fourth-order valence-electron chi connectivity index (χ4n) is 3.08. The minimum absolute atomic E-state index is 0.0645. The maximum atomic E-state index is 9.89. The molecule has 0 bridgehead atoms. The maximum Gasteiger partial charge on any atom is 0.172 e. The number of benzene rings is 3. The molecule has 0 amide bonds. The number of fused-ring (bicyclic) bond motifs is 3. The summed E-state index contributed by atoms with van der Waals surface area (Å²) in [5.41, 5.74) is 6.13. The first-order valence-electron chi connectivity index (χ1n) is 8.05. The second-order valence-electron chi connectivity index (χ2n) is 5.84. The number of rotatable bonds is 3. The molecule has 0 radical (unpaired) electrons. The van der Waals surface area contributed by atoms with Crippen LogP contribution in [0.25, 0.3) is 11.1 Å². The molecule has 1 aliphatic rings. The smallest absolute Gasteiger partial charge is 0.172 e. The van der Waals surface area contributed by atoms with E-state index in [1.807, 2.05) is 24.3 Å². The van der Waals surface area contributed by atoms with Crippen molar-refractivity contribution in [3.05, 3.63) is 81.8 Å². The molecule has 4 rings (SSSR count). The van der Waals surface area contributed by atoms with Gasteiger partial charge in [0.1, 0.15) is 5.71 Å². The Balaban J connectivity index is 1.74. The molecule has 4 nitrogen and oxygen atoms in total. The molecule has 0 atom stereocenters. The zero-order chi connectivity index (χ0) is 18.1. The van der Waals surface area contributed by atoms with E-state index in [1.54, 1.807) is 18.3 Å². The third-order valence-electron chi connectivity index (χ3n) is 4.29. The van der Waals surface area contributed by atoms with Crippen LogP contribution >= 0.6 is 15.9 Å². The highest BCUT2D eigenvalue weighted by molar-refractivity contribution is 9.10. The zero-order valence-corrected chi connectivity index (χ0v) is 15.6. The van der Waals surface area contributed by atoms with Crippen LogP contribution in [0.1, 0.15) is 16.7 Å². The average molecular weight is 407 g/mol. The van der Waals surface area contributed by atoms with Crippen LogP contribution in [0.4, 0.5) is 0 Å². The molecule has 0 unspecified atom stereocenters. The number of nitrogens with zero attached hydrogens (tertiary/aromatic N) is 2. The number of hydrogen-bond donors (Lipinski definition) is 1. The van der Waals surface area contributed by atoms with E-state index in [0.29, 0.717) is 10.2 Å². The van der Waals surface area contributed by atoms with Gasteiger partial charge in [-0.2, -0.15) is 5.10 Å². The van der Waals surface area contributed by atoms with Gasteiger partial charge in [0.25, 0.3) is 0 Å². The van der Waals surface area contributed by atoms with Crippen molar-refractivity contribution >= 4 is 27.9 Å². The summed E-state index contributed by atoms with van der Waals surface area (Å²) in [5.74, 6) is 0.444. The van der Waals surface area contributed by atoms with Gasteiger partial charge in [-0.15, -0.1) is 5.10 Å². The zero-order valence-electron chi connectivity index (χ0n) is 14.0. The summed E-state index contributed by atoms with van der Waals surface area (Å²) < 4.78 is 5.71. The van der Waals surface area contributed by atoms with Crippen molar-refractivity contribution in [2.75, 3.05) is 7.11 Å². The first kappa shape index (κ1) is 16.5. The predicted octanol–water partition coefficient (Wildman–Crippen LogP) is 5.02. The molecule has 26 heavy (non-hydrogen) atoms. The van der Waals surface area contributed by atoms with Crippen molar-refractivity contribution in [1.29, 1.82) is 0 Å². The SMILES string of the molecule is COc1cc(C=NN=C2c3ccccc3-c3ccccc32)cc(Br)c1O. The number of halogens is 1. The second kappa shape index (κ2) is 6.77. The summed E-state index contributed by atoms with van der Waals surface area (Å²) in [5, 5.41) is 18.6. The van der Waals surface area contributed by atoms with Crippen molar-refractivity contribution in [2.24, 2.45) is 10.2 Å². The summed E-state index contributed by atoms with van der Waals surface area (Å²) >= 11 is 3.31. The standard InChI is InChI=1S/C21H15BrN2O2/c1-26-19-11-13(10-18(22)21(19)25)12-23-24-20-16-8-4-2-6-14(16)15-7-3-5-9-17(15)20/h2-12,25H,1H3. The fourth-order valence-corrected chi connectivity index (χ4v) is 3.54. The molecule has 0 aromatic heterocycles. The molecule has 5 heteroatoms. The van der Waals surface area contributed by atoms with Crippen LogP contribution in [0.5, 0.6) is 11.5 Å². The quantitative estimate of drug-likeness (QED) is 0.383. The van der Waals surface area contributed by atoms with E-state index in [4.69, 9.17) is 4.74 Å². The molecule has 0 saturated heterocycles. The van der Waals surface area contributed by atoms with Crippen molar-refractivity contribution in [2.45, 2.75) is 0 Å². The molecule has 0 aliphatic heterocycles. The van der Waals surface area contributed by atoms with Gasteiger partial charge in [-0.25, -0.2) is 0 Å². The Labute approximate surface area is 159 Å². The Kier molecular flexibility index (Phi) is 4.31. The molecular weight excluding hydrogens is 392 g/mol. The molecular formula is C21H15BrN2O2. The molecule has 0 saturated carbocycles. The molecule has 0 fully saturated rings. The molecule has 3 aromatic rings. The van der Waals surface area contributed by atoms with Crippen LogP contribution in [0.3, 0.4) is 0 Å². The van der Waals surface area contributed by atoms with Gasteiger partial charge in [0.05, 0.1) is 17.8 Å². The van der Waals surface area contributed by atoms with E-state index < -0.39 is 0 Å². The van der Waals surface area contributed by atoms with E-state index in [1.165, 1.54) is 18.2 Å². The minimum atomic E-state index is 0.0645. The third-order valence-corrected chi connectivity index (χ3v) is 4.89. The van der Waals surface area contributed by atoms with Gasteiger partial charge in [-0.1, -0.05) is 48.5 Å². The van der Waals surface area contributed by atoms with Crippen molar-refractivity contribution in [3.8, 4) is 22.6 Å². The largest absolute Gasteiger partial charge is 0.503 e. The number of phenols is 1. The lowest BCUT2D eigenvalue weighted by atomic mass is 10.1. The monoisotopic (exact) mass is 406 g/mol. The number of ether oxygens (including phenoxy) is 1. The third kappa shape index (κ3) is 2.80. The fraction of sp³-hybridized carbons (Fsp3) is 0.0476. The van der Waals surface area contributed by atoms with Crippen molar-refractivity contribution in [3.63, 3.8) is 0 Å². The summed E-state index contributed by atoms with van der Waals surface area (Å²) in [7, 11) is 1.51. The number of hydrogen-bond acceptors (Lipinski definition) is 4. The van der Waals surface area contributed by atoms with E-state index in [9.17, 15) is 5.11 Å².